The Hall–Kier alpha value is -3.02. The number of carbonyl (C=O) groups excluding carboxylic acids is 2. The van der Waals surface area contributed by atoms with Crippen LogP contribution in [0, 0.1) is 5.92 Å². The van der Waals surface area contributed by atoms with Gasteiger partial charge in [-0.2, -0.15) is 0 Å². The van der Waals surface area contributed by atoms with Gasteiger partial charge < -0.3 is 19.7 Å². The molecule has 6 nitrogen and oxygen atoms in total. The number of amides is 2. The van der Waals surface area contributed by atoms with Gasteiger partial charge in [0.2, 0.25) is 11.8 Å². The van der Waals surface area contributed by atoms with Gasteiger partial charge in [0.1, 0.15) is 0 Å². The third-order valence-electron chi connectivity index (χ3n) is 6.07. The van der Waals surface area contributed by atoms with E-state index in [1.54, 1.807) is 31.3 Å². The number of nitrogens with one attached hydrogen (secondary N) is 1. The molecule has 1 saturated carbocycles. The average Bonchev–Trinajstić information content (AvgIpc) is 3.12. The van der Waals surface area contributed by atoms with Gasteiger partial charge in [-0.3, -0.25) is 9.59 Å². The number of anilines is 1. The largest absolute Gasteiger partial charge is 0.493 e. The predicted octanol–water partition coefficient (Wildman–Crippen LogP) is 3.25. The number of ether oxygens (including phenoxy) is 2. The summed E-state index contributed by atoms with van der Waals surface area (Å²) >= 11 is 0. The number of nitrogens with zero attached hydrogens (tertiary/aromatic N) is 1. The number of methoxy groups -OCH3 is 2. The first kappa shape index (κ1) is 19.3. The minimum Gasteiger partial charge on any atom is -0.493 e. The quantitative estimate of drug-likeness (QED) is 0.817. The fraction of sp³-hybridized carbons (Fsp3) is 0.391. The molecule has 2 aromatic rings. The van der Waals surface area contributed by atoms with Crippen LogP contribution < -0.4 is 19.7 Å². The highest BCUT2D eigenvalue weighted by molar-refractivity contribution is 6.00. The van der Waals surface area contributed by atoms with Crippen molar-refractivity contribution in [2.45, 2.75) is 31.2 Å². The van der Waals surface area contributed by atoms with Gasteiger partial charge in [-0.05, 0) is 37.0 Å². The Labute approximate surface area is 170 Å². The van der Waals surface area contributed by atoms with Crippen LogP contribution in [0.3, 0.4) is 0 Å². The van der Waals surface area contributed by atoms with E-state index < -0.39 is 0 Å². The third-order valence-corrected chi connectivity index (χ3v) is 6.07. The fourth-order valence-electron chi connectivity index (χ4n) is 4.24. The van der Waals surface area contributed by atoms with Crippen molar-refractivity contribution in [1.82, 2.24) is 5.32 Å². The van der Waals surface area contributed by atoms with Crippen molar-refractivity contribution in [2.75, 3.05) is 25.7 Å². The van der Waals surface area contributed by atoms with Crippen LogP contribution in [-0.2, 0) is 15.1 Å². The Bertz CT molecular complexity index is 908. The number of hydrogen-bond donors (Lipinski definition) is 1. The molecule has 2 fully saturated rings. The van der Waals surface area contributed by atoms with E-state index in [4.69, 9.17) is 9.47 Å². The number of hydrogen-bond acceptors (Lipinski definition) is 4. The van der Waals surface area contributed by atoms with Gasteiger partial charge in [0.05, 0.1) is 25.7 Å². The maximum absolute atomic E-state index is 13.0. The van der Waals surface area contributed by atoms with E-state index in [0.717, 1.165) is 24.8 Å². The molecular weight excluding hydrogens is 368 g/mol. The van der Waals surface area contributed by atoms with E-state index in [1.807, 2.05) is 24.3 Å². The molecule has 2 amide bonds. The van der Waals surface area contributed by atoms with Gasteiger partial charge in [0.15, 0.2) is 11.5 Å². The lowest BCUT2D eigenvalue weighted by Gasteiger charge is -2.43. The second-order valence-electron chi connectivity index (χ2n) is 7.74. The predicted molar refractivity (Wildman–Crippen MR) is 110 cm³/mol. The van der Waals surface area contributed by atoms with E-state index in [2.05, 4.69) is 17.4 Å². The maximum Gasteiger partial charge on any atom is 0.227 e. The Morgan fingerprint density at radius 2 is 1.79 bits per heavy atom. The van der Waals surface area contributed by atoms with E-state index in [9.17, 15) is 9.59 Å². The third kappa shape index (κ3) is 3.55. The molecule has 29 heavy (non-hydrogen) atoms. The van der Waals surface area contributed by atoms with Crippen molar-refractivity contribution in [3.05, 3.63) is 54.1 Å². The Morgan fingerprint density at radius 1 is 1.07 bits per heavy atom. The molecule has 0 unspecified atom stereocenters. The fourth-order valence-corrected chi connectivity index (χ4v) is 4.24. The molecule has 1 atom stereocenters. The van der Waals surface area contributed by atoms with Crippen molar-refractivity contribution in [2.24, 2.45) is 5.92 Å². The van der Waals surface area contributed by atoms with Gasteiger partial charge in [0, 0.05) is 24.7 Å². The second kappa shape index (κ2) is 7.78. The summed E-state index contributed by atoms with van der Waals surface area (Å²) in [5.74, 6) is 0.691. The second-order valence-corrected chi connectivity index (χ2v) is 7.74. The summed E-state index contributed by atoms with van der Waals surface area (Å²) in [7, 11) is 3.13. The molecule has 1 saturated heterocycles. The minimum absolute atomic E-state index is 0.0510. The lowest BCUT2D eigenvalue weighted by Crippen LogP contribution is -2.52. The van der Waals surface area contributed by atoms with Crippen LogP contribution in [0.5, 0.6) is 11.5 Å². The Morgan fingerprint density at radius 3 is 2.41 bits per heavy atom. The van der Waals surface area contributed by atoms with Crippen LogP contribution in [0.25, 0.3) is 0 Å². The number of carbonyl (C=O) groups is 2. The molecule has 2 aliphatic rings. The van der Waals surface area contributed by atoms with Gasteiger partial charge in [0.25, 0.3) is 0 Å². The maximum atomic E-state index is 13.0. The van der Waals surface area contributed by atoms with Crippen molar-refractivity contribution >= 4 is 17.5 Å². The summed E-state index contributed by atoms with van der Waals surface area (Å²) in [4.78, 5) is 27.3. The van der Waals surface area contributed by atoms with Crippen LogP contribution >= 0.6 is 0 Å². The molecule has 1 aliphatic heterocycles. The van der Waals surface area contributed by atoms with E-state index in [0.29, 0.717) is 23.7 Å². The smallest absolute Gasteiger partial charge is 0.227 e. The van der Waals surface area contributed by atoms with Gasteiger partial charge >= 0.3 is 0 Å². The summed E-state index contributed by atoms with van der Waals surface area (Å²) in [5.41, 5.74) is 1.56. The molecular formula is C23H26N2O4. The van der Waals surface area contributed by atoms with Crippen LogP contribution in [0.1, 0.15) is 31.2 Å². The van der Waals surface area contributed by atoms with E-state index in [1.165, 1.54) is 0 Å². The van der Waals surface area contributed by atoms with Crippen LogP contribution in [0.4, 0.5) is 5.69 Å². The molecule has 0 radical (unpaired) electrons. The van der Waals surface area contributed by atoms with Crippen molar-refractivity contribution < 1.29 is 19.1 Å². The highest BCUT2D eigenvalue weighted by Crippen LogP contribution is 2.42. The summed E-state index contributed by atoms with van der Waals surface area (Å²) in [5, 5.41) is 3.26. The molecule has 0 aromatic heterocycles. The normalized spacial score (nSPS) is 20.1. The average molecular weight is 394 g/mol. The topological polar surface area (TPSA) is 67.9 Å². The molecule has 4 rings (SSSR count). The van der Waals surface area contributed by atoms with Crippen molar-refractivity contribution in [3.8, 4) is 11.5 Å². The monoisotopic (exact) mass is 394 g/mol. The number of rotatable bonds is 6. The molecule has 1 aliphatic carbocycles. The zero-order chi connectivity index (χ0) is 20.4. The SMILES string of the molecule is COc1ccc(N2C[C@H](C(=O)NC3(c4ccccc4)CCC3)CC2=O)cc1OC. The molecule has 2 aromatic carbocycles. The Kier molecular flexibility index (Phi) is 5.18. The number of benzene rings is 2. The molecule has 6 heteroatoms. The first-order chi connectivity index (χ1) is 14.1. The molecule has 152 valence electrons. The van der Waals surface area contributed by atoms with Crippen LogP contribution in [-0.4, -0.2) is 32.6 Å². The van der Waals surface area contributed by atoms with Crippen molar-refractivity contribution in [3.63, 3.8) is 0 Å². The summed E-state index contributed by atoms with van der Waals surface area (Å²) in [6, 6.07) is 15.5. The van der Waals surface area contributed by atoms with Crippen LogP contribution in [0.2, 0.25) is 0 Å². The van der Waals surface area contributed by atoms with Gasteiger partial charge in [-0.15, -0.1) is 0 Å². The van der Waals surface area contributed by atoms with E-state index >= 15 is 0 Å². The minimum atomic E-state index is -0.364. The first-order valence-electron chi connectivity index (χ1n) is 9.96. The zero-order valence-electron chi connectivity index (χ0n) is 16.8. The lowest BCUT2D eigenvalue weighted by atomic mass is 9.71. The zero-order valence-corrected chi connectivity index (χ0v) is 16.8. The highest BCUT2D eigenvalue weighted by Gasteiger charge is 2.43. The molecule has 1 N–H and O–H groups in total. The first-order valence-corrected chi connectivity index (χ1v) is 9.96. The van der Waals surface area contributed by atoms with Gasteiger partial charge in [-0.25, -0.2) is 0 Å². The highest BCUT2D eigenvalue weighted by atomic mass is 16.5. The standard InChI is InChI=1S/C23H26N2O4/c1-28-19-10-9-18(14-20(19)29-2)25-15-16(13-21(25)26)22(27)24-23(11-6-12-23)17-7-4-3-5-8-17/h3-5,7-10,14,16H,6,11-13,15H2,1-2H3,(H,24,27)/t16-/m1/s1. The lowest BCUT2D eigenvalue weighted by molar-refractivity contribution is -0.129. The molecule has 0 spiro atoms. The molecule has 1 heterocycles. The van der Waals surface area contributed by atoms with Crippen molar-refractivity contribution in [1.29, 1.82) is 0 Å². The summed E-state index contributed by atoms with van der Waals surface area (Å²) < 4.78 is 10.6. The van der Waals surface area contributed by atoms with Crippen LogP contribution in [0.15, 0.2) is 48.5 Å². The van der Waals surface area contributed by atoms with Gasteiger partial charge in [-0.1, -0.05) is 30.3 Å². The van der Waals surface area contributed by atoms with E-state index in [-0.39, 0.29) is 29.7 Å². The Balaban J connectivity index is 1.48. The summed E-state index contributed by atoms with van der Waals surface area (Å²) in [6.45, 7) is 0.366. The summed E-state index contributed by atoms with van der Waals surface area (Å²) in [6.07, 6.45) is 3.17. The molecule has 0 bridgehead atoms.